The summed E-state index contributed by atoms with van der Waals surface area (Å²) in [6.45, 7) is 1.79. The lowest BCUT2D eigenvalue weighted by Crippen LogP contribution is -2.13. The van der Waals surface area contributed by atoms with E-state index >= 15 is 0 Å². The van der Waals surface area contributed by atoms with E-state index < -0.39 is 5.97 Å². The summed E-state index contributed by atoms with van der Waals surface area (Å²) >= 11 is 0. The Morgan fingerprint density at radius 1 is 1.37 bits per heavy atom. The van der Waals surface area contributed by atoms with E-state index in [0.29, 0.717) is 5.52 Å². The first-order valence-electron chi connectivity index (χ1n) is 6.30. The van der Waals surface area contributed by atoms with Gasteiger partial charge in [0.15, 0.2) is 0 Å². The van der Waals surface area contributed by atoms with Gasteiger partial charge in [-0.15, -0.1) is 5.10 Å². The van der Waals surface area contributed by atoms with Crippen LogP contribution in [0.5, 0.6) is 0 Å². The van der Waals surface area contributed by atoms with E-state index in [1.54, 1.807) is 16.8 Å². The van der Waals surface area contributed by atoms with Crippen LogP contribution in [0.3, 0.4) is 0 Å². The Labute approximate surface area is 111 Å². The van der Waals surface area contributed by atoms with Crippen LogP contribution in [0.4, 0.5) is 0 Å². The van der Waals surface area contributed by atoms with Crippen molar-refractivity contribution in [1.29, 1.82) is 0 Å². The average Bonchev–Trinajstić information content (AvgIpc) is 2.77. The second kappa shape index (κ2) is 5.79. The second-order valence-electron chi connectivity index (χ2n) is 4.80. The molecule has 0 aliphatic heterocycles. The minimum atomic E-state index is -0.967. The average molecular weight is 262 g/mol. The molecule has 2 rings (SSSR count). The van der Waals surface area contributed by atoms with Crippen LogP contribution < -0.4 is 0 Å². The summed E-state index contributed by atoms with van der Waals surface area (Å²) in [4.78, 5) is 13.2. The van der Waals surface area contributed by atoms with Gasteiger partial charge in [0, 0.05) is 6.54 Å². The maximum absolute atomic E-state index is 11.1. The summed E-state index contributed by atoms with van der Waals surface area (Å²) < 4.78 is 1.78. The topological polar surface area (TPSA) is 71.2 Å². The van der Waals surface area contributed by atoms with Crippen molar-refractivity contribution in [3.05, 3.63) is 23.8 Å². The Hall–Kier alpha value is -1.95. The van der Waals surface area contributed by atoms with Crippen molar-refractivity contribution in [2.75, 3.05) is 20.6 Å². The monoisotopic (exact) mass is 262 g/mol. The summed E-state index contributed by atoms with van der Waals surface area (Å²) in [7, 11) is 4.09. The van der Waals surface area contributed by atoms with E-state index in [9.17, 15) is 4.79 Å². The van der Waals surface area contributed by atoms with Crippen LogP contribution in [0, 0.1) is 0 Å². The SMILES string of the molecule is CN(C)CCCCn1nnc2c(C(=O)O)cccc21. The predicted molar refractivity (Wildman–Crippen MR) is 72.3 cm³/mol. The molecule has 2 aromatic rings. The molecule has 0 aliphatic rings. The Morgan fingerprint density at radius 3 is 2.84 bits per heavy atom. The van der Waals surface area contributed by atoms with Gasteiger partial charge < -0.3 is 10.0 Å². The highest BCUT2D eigenvalue weighted by Gasteiger charge is 2.13. The third-order valence-electron chi connectivity index (χ3n) is 3.00. The van der Waals surface area contributed by atoms with Gasteiger partial charge in [0.05, 0.1) is 11.1 Å². The third-order valence-corrected chi connectivity index (χ3v) is 3.00. The van der Waals surface area contributed by atoms with Gasteiger partial charge in [-0.25, -0.2) is 9.48 Å². The maximum atomic E-state index is 11.1. The number of benzene rings is 1. The molecule has 0 spiro atoms. The molecule has 19 heavy (non-hydrogen) atoms. The van der Waals surface area contributed by atoms with E-state index in [2.05, 4.69) is 15.2 Å². The van der Waals surface area contributed by atoms with Gasteiger partial charge in [-0.1, -0.05) is 11.3 Å². The number of hydrogen-bond acceptors (Lipinski definition) is 4. The van der Waals surface area contributed by atoms with E-state index in [1.165, 1.54) is 0 Å². The Morgan fingerprint density at radius 2 is 2.16 bits per heavy atom. The molecule has 0 radical (unpaired) electrons. The summed E-state index contributed by atoms with van der Waals surface area (Å²) in [5, 5.41) is 17.1. The third kappa shape index (κ3) is 3.08. The number of aryl methyl sites for hydroxylation is 1. The zero-order chi connectivity index (χ0) is 13.8. The minimum Gasteiger partial charge on any atom is -0.478 e. The van der Waals surface area contributed by atoms with Crippen LogP contribution >= 0.6 is 0 Å². The number of aromatic carboxylic acids is 1. The quantitative estimate of drug-likeness (QED) is 0.798. The van der Waals surface area contributed by atoms with Crippen molar-refractivity contribution in [2.45, 2.75) is 19.4 Å². The fourth-order valence-electron chi connectivity index (χ4n) is 2.02. The fraction of sp³-hybridized carbons (Fsp3) is 0.462. The van der Waals surface area contributed by atoms with Gasteiger partial charge in [-0.3, -0.25) is 0 Å². The molecule has 0 aliphatic carbocycles. The van der Waals surface area contributed by atoms with Gasteiger partial charge in [0.25, 0.3) is 0 Å². The molecule has 1 N–H and O–H groups in total. The standard InChI is InChI=1S/C13H18N4O2/c1-16(2)8-3-4-9-17-11-7-5-6-10(13(18)19)12(11)14-15-17/h5-7H,3-4,8-9H2,1-2H3,(H,18,19). The highest BCUT2D eigenvalue weighted by atomic mass is 16.4. The number of carbonyl (C=O) groups is 1. The first kappa shape index (κ1) is 13.5. The molecular weight excluding hydrogens is 244 g/mol. The molecular formula is C13H18N4O2. The molecule has 0 unspecified atom stereocenters. The minimum absolute atomic E-state index is 0.206. The van der Waals surface area contributed by atoms with E-state index in [-0.39, 0.29) is 5.56 Å². The smallest absolute Gasteiger partial charge is 0.338 e. The number of fused-ring (bicyclic) bond motifs is 1. The molecule has 0 atom stereocenters. The first-order chi connectivity index (χ1) is 9.09. The zero-order valence-corrected chi connectivity index (χ0v) is 11.2. The molecule has 1 heterocycles. The zero-order valence-electron chi connectivity index (χ0n) is 11.2. The molecule has 0 bridgehead atoms. The van der Waals surface area contributed by atoms with Crippen molar-refractivity contribution >= 4 is 17.0 Å². The molecule has 6 heteroatoms. The van der Waals surface area contributed by atoms with E-state index in [4.69, 9.17) is 5.11 Å². The summed E-state index contributed by atoms with van der Waals surface area (Å²) in [6, 6.07) is 5.13. The highest BCUT2D eigenvalue weighted by molar-refractivity contribution is 6.00. The number of rotatable bonds is 6. The number of unbranched alkanes of at least 4 members (excludes halogenated alkanes) is 1. The molecule has 0 amide bonds. The van der Waals surface area contributed by atoms with E-state index in [1.807, 2.05) is 20.2 Å². The van der Waals surface area contributed by atoms with Crippen molar-refractivity contribution in [3.8, 4) is 0 Å². The van der Waals surface area contributed by atoms with Crippen LogP contribution in [-0.4, -0.2) is 51.6 Å². The number of carboxylic acids is 1. The van der Waals surface area contributed by atoms with Crippen molar-refractivity contribution in [3.63, 3.8) is 0 Å². The molecule has 0 saturated carbocycles. The normalized spacial score (nSPS) is 11.3. The number of nitrogens with zero attached hydrogens (tertiary/aromatic N) is 4. The molecule has 0 fully saturated rings. The number of carboxylic acid groups (broad SMARTS) is 1. The maximum Gasteiger partial charge on any atom is 0.338 e. The molecule has 0 saturated heterocycles. The summed E-state index contributed by atoms with van der Waals surface area (Å²) in [5.41, 5.74) is 1.45. The lowest BCUT2D eigenvalue weighted by molar-refractivity contribution is 0.0699. The Kier molecular flexibility index (Phi) is 4.11. The second-order valence-corrected chi connectivity index (χ2v) is 4.80. The van der Waals surface area contributed by atoms with Gasteiger partial charge in [0.2, 0.25) is 0 Å². The molecule has 1 aromatic heterocycles. The predicted octanol–water partition coefficient (Wildman–Crippen LogP) is 1.47. The molecule has 6 nitrogen and oxygen atoms in total. The van der Waals surface area contributed by atoms with Crippen molar-refractivity contribution in [2.24, 2.45) is 0 Å². The fourth-order valence-corrected chi connectivity index (χ4v) is 2.02. The van der Waals surface area contributed by atoms with Crippen LogP contribution in [-0.2, 0) is 6.54 Å². The first-order valence-corrected chi connectivity index (χ1v) is 6.30. The van der Waals surface area contributed by atoms with Crippen LogP contribution in [0.25, 0.3) is 11.0 Å². The van der Waals surface area contributed by atoms with Gasteiger partial charge in [0.1, 0.15) is 5.52 Å². The van der Waals surface area contributed by atoms with Gasteiger partial charge in [-0.2, -0.15) is 0 Å². The molecule has 1 aromatic carbocycles. The van der Waals surface area contributed by atoms with Gasteiger partial charge >= 0.3 is 5.97 Å². The number of aromatic nitrogens is 3. The van der Waals surface area contributed by atoms with Crippen LogP contribution in [0.2, 0.25) is 0 Å². The van der Waals surface area contributed by atoms with Crippen LogP contribution in [0.1, 0.15) is 23.2 Å². The van der Waals surface area contributed by atoms with Crippen molar-refractivity contribution < 1.29 is 9.90 Å². The Bertz CT molecular complexity index is 577. The van der Waals surface area contributed by atoms with E-state index in [0.717, 1.165) is 31.4 Å². The van der Waals surface area contributed by atoms with Gasteiger partial charge in [-0.05, 0) is 45.6 Å². The van der Waals surface area contributed by atoms with Crippen molar-refractivity contribution in [1.82, 2.24) is 19.9 Å². The largest absolute Gasteiger partial charge is 0.478 e. The summed E-state index contributed by atoms with van der Waals surface area (Å²) in [5.74, 6) is -0.967. The lowest BCUT2D eigenvalue weighted by atomic mass is 10.2. The summed E-state index contributed by atoms with van der Waals surface area (Å²) in [6.07, 6.45) is 2.07. The lowest BCUT2D eigenvalue weighted by Gasteiger charge is -2.08. The highest BCUT2D eigenvalue weighted by Crippen LogP contribution is 2.16. The Balaban J connectivity index is 2.12. The number of hydrogen-bond donors (Lipinski definition) is 1. The molecule has 102 valence electrons. The van der Waals surface area contributed by atoms with Crippen LogP contribution in [0.15, 0.2) is 18.2 Å².